The second-order valence-corrected chi connectivity index (χ2v) is 25.4. The standard InChI is InChI=1S/C71H129N2O7P/c1-7-10-13-16-19-22-25-27-29-31-32-33-34-35-36-37-38-39-40-42-44-46-49-52-55-58-61-64-71(75)80-69(62-59-56-53-50-47-24-21-18-15-12-9-3)68(67-79-81(76,77)78-66-65-73(4,5)6)72-70(74)63-60-57-54-51-48-45-43-41-30-28-26-23-20-17-14-11-8-2/h11,14,20,23,27-30,43,45,51,54,59,62,68-69H,7-10,12-13,15-19,21-22,24-26,31-42,44,46-50,52-53,55-58,60-61,63-67H2,1-6H3,(H-,72,74,76,77)/p+1/b14-11-,23-20-,29-27+,30-28-,45-43-,54-51-,62-59-. The predicted molar refractivity (Wildman–Crippen MR) is 351 cm³/mol. The number of unbranched alkanes of at least 4 members (excludes halogenated alkanes) is 33. The normalized spacial score (nSPS) is 14.1. The zero-order valence-corrected chi connectivity index (χ0v) is 54.7. The summed E-state index contributed by atoms with van der Waals surface area (Å²) >= 11 is 0. The summed E-state index contributed by atoms with van der Waals surface area (Å²) in [5.41, 5.74) is 0. The van der Waals surface area contributed by atoms with E-state index >= 15 is 0 Å². The molecule has 0 aliphatic carbocycles. The summed E-state index contributed by atoms with van der Waals surface area (Å²) in [5, 5.41) is 3.02. The first-order chi connectivity index (χ1) is 39.4. The summed E-state index contributed by atoms with van der Waals surface area (Å²) in [6.07, 6.45) is 80.5. The minimum atomic E-state index is -4.47. The highest BCUT2D eigenvalue weighted by Crippen LogP contribution is 2.43. The number of ether oxygens (including phenoxy) is 1. The van der Waals surface area contributed by atoms with Gasteiger partial charge in [0.25, 0.3) is 0 Å². The summed E-state index contributed by atoms with van der Waals surface area (Å²) in [4.78, 5) is 37.7. The van der Waals surface area contributed by atoms with Crippen molar-refractivity contribution >= 4 is 19.7 Å². The highest BCUT2D eigenvalue weighted by molar-refractivity contribution is 7.47. The number of amides is 1. The van der Waals surface area contributed by atoms with E-state index in [0.717, 1.165) is 77.0 Å². The van der Waals surface area contributed by atoms with Gasteiger partial charge >= 0.3 is 13.8 Å². The van der Waals surface area contributed by atoms with Gasteiger partial charge in [0, 0.05) is 12.8 Å². The summed E-state index contributed by atoms with van der Waals surface area (Å²) in [6, 6.07) is -0.881. The number of phosphoric acid groups is 1. The van der Waals surface area contributed by atoms with Crippen molar-refractivity contribution in [2.24, 2.45) is 0 Å². The molecule has 0 radical (unpaired) electrons. The molecule has 81 heavy (non-hydrogen) atoms. The molecular formula is C71H130N2O7P+. The lowest BCUT2D eigenvalue weighted by Crippen LogP contribution is -2.47. The molecule has 0 aromatic carbocycles. The average Bonchev–Trinajstić information content (AvgIpc) is 3.44. The number of allylic oxidation sites excluding steroid dienone is 13. The number of nitrogens with zero attached hydrogens (tertiary/aromatic N) is 1. The summed E-state index contributed by atoms with van der Waals surface area (Å²) in [7, 11) is 1.46. The van der Waals surface area contributed by atoms with Gasteiger partial charge < -0.3 is 19.4 Å². The van der Waals surface area contributed by atoms with Gasteiger partial charge in [-0.2, -0.15) is 0 Å². The number of esters is 1. The molecule has 9 nitrogen and oxygen atoms in total. The molecular weight excluding hydrogens is 1020 g/mol. The Morgan fingerprint density at radius 3 is 1.22 bits per heavy atom. The van der Waals surface area contributed by atoms with Gasteiger partial charge in [-0.05, 0) is 96.0 Å². The number of nitrogens with one attached hydrogen (secondary N) is 1. The van der Waals surface area contributed by atoms with Crippen LogP contribution in [-0.2, 0) is 27.9 Å². The second kappa shape index (κ2) is 60.3. The molecule has 0 aromatic rings. The number of carbonyl (C=O) groups excluding carboxylic acids is 2. The maximum absolute atomic E-state index is 13.5. The smallest absolute Gasteiger partial charge is 0.456 e. The van der Waals surface area contributed by atoms with E-state index in [1.807, 2.05) is 33.3 Å². The minimum absolute atomic E-state index is 0.0274. The molecule has 0 bridgehead atoms. The van der Waals surface area contributed by atoms with Gasteiger partial charge in [-0.3, -0.25) is 18.6 Å². The number of carbonyl (C=O) groups is 2. The molecule has 0 aromatic heterocycles. The minimum Gasteiger partial charge on any atom is -0.456 e. The van der Waals surface area contributed by atoms with Gasteiger partial charge in [0.1, 0.15) is 19.3 Å². The Hall–Kier alpha value is -2.81. The Morgan fingerprint density at radius 1 is 0.444 bits per heavy atom. The van der Waals surface area contributed by atoms with Gasteiger partial charge in [-0.1, -0.05) is 280 Å². The van der Waals surface area contributed by atoms with E-state index in [2.05, 4.69) is 99.0 Å². The second-order valence-electron chi connectivity index (χ2n) is 24.0. The van der Waals surface area contributed by atoms with Gasteiger partial charge in [0.15, 0.2) is 0 Å². The fourth-order valence-corrected chi connectivity index (χ4v) is 10.4. The van der Waals surface area contributed by atoms with E-state index in [-0.39, 0.29) is 37.9 Å². The molecule has 3 atom stereocenters. The highest BCUT2D eigenvalue weighted by Gasteiger charge is 2.30. The third-order valence-electron chi connectivity index (χ3n) is 14.8. The number of hydrogen-bond acceptors (Lipinski definition) is 6. The van der Waals surface area contributed by atoms with Crippen LogP contribution in [0.3, 0.4) is 0 Å². The molecule has 0 rings (SSSR count). The Bertz CT molecular complexity index is 1660. The van der Waals surface area contributed by atoms with Crippen molar-refractivity contribution in [1.29, 1.82) is 0 Å². The van der Waals surface area contributed by atoms with Crippen molar-refractivity contribution in [1.82, 2.24) is 5.32 Å². The van der Waals surface area contributed by atoms with Crippen molar-refractivity contribution in [3.8, 4) is 0 Å². The van der Waals surface area contributed by atoms with Gasteiger partial charge in [-0.25, -0.2) is 4.57 Å². The maximum Gasteiger partial charge on any atom is 0.472 e. The Balaban J connectivity index is 5.05. The molecule has 0 fully saturated rings. The lowest BCUT2D eigenvalue weighted by molar-refractivity contribution is -0.870. The zero-order chi connectivity index (χ0) is 59.3. The van der Waals surface area contributed by atoms with E-state index in [1.54, 1.807) is 0 Å². The number of hydrogen-bond donors (Lipinski definition) is 2. The van der Waals surface area contributed by atoms with Crippen molar-refractivity contribution in [3.63, 3.8) is 0 Å². The van der Waals surface area contributed by atoms with Crippen LogP contribution in [0.5, 0.6) is 0 Å². The topological polar surface area (TPSA) is 111 Å². The molecule has 10 heteroatoms. The first kappa shape index (κ1) is 78.2. The molecule has 0 heterocycles. The van der Waals surface area contributed by atoms with Crippen molar-refractivity contribution < 1.29 is 37.3 Å². The van der Waals surface area contributed by atoms with Crippen LogP contribution in [0.1, 0.15) is 303 Å². The molecule has 2 N–H and O–H groups in total. The van der Waals surface area contributed by atoms with E-state index in [4.69, 9.17) is 13.8 Å². The molecule has 0 aliphatic rings. The first-order valence-electron chi connectivity index (χ1n) is 33.9. The summed E-state index contributed by atoms with van der Waals surface area (Å²) in [6.45, 7) is 6.86. The van der Waals surface area contributed by atoms with E-state index in [1.165, 1.54) is 186 Å². The van der Waals surface area contributed by atoms with Crippen molar-refractivity contribution in [2.45, 2.75) is 315 Å². The van der Waals surface area contributed by atoms with Crippen LogP contribution in [0.2, 0.25) is 0 Å². The first-order valence-corrected chi connectivity index (χ1v) is 35.4. The van der Waals surface area contributed by atoms with Crippen LogP contribution in [0.15, 0.2) is 85.1 Å². The number of rotatable bonds is 61. The average molecular weight is 1150 g/mol. The van der Waals surface area contributed by atoms with Crippen molar-refractivity contribution in [2.75, 3.05) is 40.9 Å². The van der Waals surface area contributed by atoms with Crippen LogP contribution in [0.4, 0.5) is 0 Å². The van der Waals surface area contributed by atoms with Gasteiger partial charge in [0.05, 0.1) is 33.8 Å². The van der Waals surface area contributed by atoms with Gasteiger partial charge in [-0.15, -0.1) is 0 Å². The molecule has 0 spiro atoms. The summed E-state index contributed by atoms with van der Waals surface area (Å²) < 4.78 is 30.7. The number of quaternary nitrogens is 1. The largest absolute Gasteiger partial charge is 0.472 e. The predicted octanol–water partition coefficient (Wildman–Crippen LogP) is 21.3. The Labute approximate surface area is 501 Å². The SMILES string of the molecule is CC/C=C\C/C=C\C/C=C\C/C=C\C/C=C\CCCC(=O)NC(COP(=O)(O)OCC[N+](C)(C)C)C(/C=C\CCCCCCCCCCC)OC(=O)CCCCCCCCCCCCCCCCCCC/C=C/CCCCCCCC. The highest BCUT2D eigenvalue weighted by atomic mass is 31.2. The molecule has 0 saturated heterocycles. The van der Waals surface area contributed by atoms with Crippen LogP contribution < -0.4 is 5.32 Å². The lowest BCUT2D eigenvalue weighted by atomic mass is 10.0. The van der Waals surface area contributed by atoms with E-state index < -0.39 is 20.0 Å². The quantitative estimate of drug-likeness (QED) is 0.0205. The van der Waals surface area contributed by atoms with Gasteiger partial charge in [0.2, 0.25) is 5.91 Å². The molecule has 0 aliphatic heterocycles. The molecule has 0 saturated carbocycles. The molecule has 470 valence electrons. The van der Waals surface area contributed by atoms with Crippen LogP contribution in [-0.4, -0.2) is 74.3 Å². The Kier molecular flexibility index (Phi) is 58.2. The number of likely N-dealkylation sites (N-methyl/N-ethyl adjacent to an activating group) is 1. The third-order valence-corrected chi connectivity index (χ3v) is 15.8. The molecule has 1 amide bonds. The molecule has 3 unspecified atom stereocenters. The van der Waals surface area contributed by atoms with E-state index in [0.29, 0.717) is 17.4 Å². The van der Waals surface area contributed by atoms with Crippen LogP contribution in [0.25, 0.3) is 0 Å². The van der Waals surface area contributed by atoms with Crippen molar-refractivity contribution in [3.05, 3.63) is 85.1 Å². The fraction of sp³-hybridized carbons (Fsp3) is 0.775. The lowest BCUT2D eigenvalue weighted by Gasteiger charge is -2.27. The zero-order valence-electron chi connectivity index (χ0n) is 53.8. The Morgan fingerprint density at radius 2 is 0.802 bits per heavy atom. The number of phosphoric ester groups is 1. The third kappa shape index (κ3) is 61.6. The monoisotopic (exact) mass is 1150 g/mol. The summed E-state index contributed by atoms with van der Waals surface area (Å²) in [5.74, 6) is -0.568. The maximum atomic E-state index is 13.5. The fourth-order valence-electron chi connectivity index (χ4n) is 9.62. The van der Waals surface area contributed by atoms with Crippen LogP contribution >= 0.6 is 7.82 Å². The van der Waals surface area contributed by atoms with E-state index in [9.17, 15) is 19.0 Å². The van der Waals surface area contributed by atoms with Crippen LogP contribution in [0, 0.1) is 0 Å².